The normalized spacial score (nSPS) is 11.1. The predicted octanol–water partition coefficient (Wildman–Crippen LogP) is 6.21. The molecule has 4 heteroatoms. The average Bonchev–Trinajstić information content (AvgIpc) is 2.86. The lowest BCUT2D eigenvalue weighted by Crippen LogP contribution is -2.17. The molecular weight excluding hydrogens is 363 g/mol. The smallest absolute Gasteiger partial charge is 0.0493 e. The second-order valence-electron chi connectivity index (χ2n) is 7.12. The van der Waals surface area contributed by atoms with E-state index in [0.29, 0.717) is 0 Å². The molecule has 1 heterocycles. The highest BCUT2D eigenvalue weighted by Gasteiger charge is 2.14. The molecule has 0 amide bonds. The molecule has 0 saturated heterocycles. The van der Waals surface area contributed by atoms with E-state index in [-0.39, 0.29) is 12.4 Å². The quantitative estimate of drug-likeness (QED) is 0.474. The van der Waals surface area contributed by atoms with Crippen molar-refractivity contribution in [2.45, 2.75) is 40.3 Å². The molecule has 0 aliphatic carbocycles. The van der Waals surface area contributed by atoms with E-state index < -0.39 is 0 Å². The zero-order valence-electron chi connectivity index (χ0n) is 15.8. The zero-order chi connectivity index (χ0) is 17.8. The van der Waals surface area contributed by atoms with Crippen molar-refractivity contribution in [1.82, 2.24) is 9.88 Å². The predicted molar refractivity (Wildman–Crippen MR) is 116 cm³/mol. The Morgan fingerprint density at radius 2 is 1.73 bits per heavy atom. The highest BCUT2D eigenvalue weighted by molar-refractivity contribution is 6.31. The third-order valence-electron chi connectivity index (χ3n) is 4.85. The highest BCUT2D eigenvalue weighted by Crippen LogP contribution is 2.28. The number of benzene rings is 2. The number of para-hydroxylation sites is 1. The van der Waals surface area contributed by atoms with E-state index in [1.807, 2.05) is 12.1 Å². The molecule has 0 aliphatic heterocycles. The third kappa shape index (κ3) is 4.62. The summed E-state index contributed by atoms with van der Waals surface area (Å²) in [6.45, 7) is 9.52. The molecular formula is C22H28Cl2N2. The molecule has 0 spiro atoms. The minimum Gasteiger partial charge on any atom is -0.340 e. The number of rotatable bonds is 7. The van der Waals surface area contributed by atoms with Crippen LogP contribution in [-0.4, -0.2) is 11.1 Å². The molecule has 0 fully saturated rings. The summed E-state index contributed by atoms with van der Waals surface area (Å²) in [6, 6.07) is 16.8. The van der Waals surface area contributed by atoms with Crippen LogP contribution in [0.3, 0.4) is 0 Å². The van der Waals surface area contributed by atoms with Gasteiger partial charge in [-0.05, 0) is 49.1 Å². The van der Waals surface area contributed by atoms with E-state index >= 15 is 0 Å². The zero-order valence-corrected chi connectivity index (χ0v) is 17.3. The van der Waals surface area contributed by atoms with Gasteiger partial charge < -0.3 is 9.88 Å². The second-order valence-corrected chi connectivity index (χ2v) is 7.53. The van der Waals surface area contributed by atoms with Crippen LogP contribution in [0.1, 0.15) is 37.1 Å². The average molecular weight is 391 g/mol. The molecule has 1 N–H and O–H groups in total. The van der Waals surface area contributed by atoms with Gasteiger partial charge in [-0.1, -0.05) is 61.8 Å². The van der Waals surface area contributed by atoms with Crippen LogP contribution >= 0.6 is 24.0 Å². The van der Waals surface area contributed by atoms with E-state index in [0.717, 1.165) is 36.1 Å². The monoisotopic (exact) mass is 390 g/mol. The first kappa shape index (κ1) is 20.8. The lowest BCUT2D eigenvalue weighted by atomic mass is 10.1. The van der Waals surface area contributed by atoms with Crippen LogP contribution in [-0.2, 0) is 13.1 Å². The number of hydrogen-bond acceptors (Lipinski definition) is 1. The van der Waals surface area contributed by atoms with E-state index in [2.05, 4.69) is 67.1 Å². The Morgan fingerprint density at radius 3 is 2.46 bits per heavy atom. The van der Waals surface area contributed by atoms with Crippen molar-refractivity contribution in [2.24, 2.45) is 5.92 Å². The molecule has 3 rings (SSSR count). The van der Waals surface area contributed by atoms with E-state index in [9.17, 15) is 0 Å². The summed E-state index contributed by atoms with van der Waals surface area (Å²) in [5, 5.41) is 5.78. The Hall–Kier alpha value is -1.48. The summed E-state index contributed by atoms with van der Waals surface area (Å²) in [4.78, 5) is 0. The van der Waals surface area contributed by atoms with Gasteiger partial charge in [-0.25, -0.2) is 0 Å². The van der Waals surface area contributed by atoms with Gasteiger partial charge in [0.15, 0.2) is 0 Å². The first-order valence-corrected chi connectivity index (χ1v) is 9.46. The fourth-order valence-electron chi connectivity index (χ4n) is 3.33. The van der Waals surface area contributed by atoms with E-state index in [4.69, 9.17) is 11.6 Å². The molecule has 0 atom stereocenters. The Morgan fingerprint density at radius 1 is 1.04 bits per heavy atom. The molecule has 0 saturated carbocycles. The summed E-state index contributed by atoms with van der Waals surface area (Å²) in [5.74, 6) is 0.732. The van der Waals surface area contributed by atoms with Crippen LogP contribution in [0.15, 0.2) is 48.5 Å². The van der Waals surface area contributed by atoms with Crippen molar-refractivity contribution in [3.05, 3.63) is 70.4 Å². The molecule has 26 heavy (non-hydrogen) atoms. The maximum Gasteiger partial charge on any atom is 0.0493 e. The molecule has 2 nitrogen and oxygen atoms in total. The lowest BCUT2D eigenvalue weighted by molar-refractivity contribution is 0.537. The third-order valence-corrected chi connectivity index (χ3v) is 5.22. The van der Waals surface area contributed by atoms with Gasteiger partial charge in [0.05, 0.1) is 0 Å². The number of halogens is 2. The Labute approximate surface area is 168 Å². The van der Waals surface area contributed by atoms with E-state index in [1.165, 1.54) is 28.6 Å². The van der Waals surface area contributed by atoms with Crippen LogP contribution in [0.25, 0.3) is 10.9 Å². The topological polar surface area (TPSA) is 17.0 Å². The molecule has 140 valence electrons. The number of aromatic nitrogens is 1. The molecule has 0 aliphatic rings. The Bertz CT molecular complexity index is 852. The molecule has 0 radical (unpaired) electrons. The SMILES string of the molecule is Cc1c(CNCCC(C)C)c2ccccc2n1Cc1ccccc1Cl.Cl. The minimum absolute atomic E-state index is 0. The molecule has 0 unspecified atom stereocenters. The van der Waals surface area contributed by atoms with Crippen LogP contribution in [0.5, 0.6) is 0 Å². The van der Waals surface area contributed by atoms with Gasteiger partial charge in [0.1, 0.15) is 0 Å². The van der Waals surface area contributed by atoms with E-state index in [1.54, 1.807) is 0 Å². The number of nitrogens with one attached hydrogen (secondary N) is 1. The largest absolute Gasteiger partial charge is 0.340 e. The number of fused-ring (bicyclic) bond motifs is 1. The summed E-state index contributed by atoms with van der Waals surface area (Å²) in [5.41, 5.74) is 5.15. The molecule has 3 aromatic rings. The van der Waals surface area contributed by atoms with Gasteiger partial charge in [0, 0.05) is 34.7 Å². The van der Waals surface area contributed by atoms with Crippen molar-refractivity contribution in [1.29, 1.82) is 0 Å². The van der Waals surface area contributed by atoms with Gasteiger partial charge in [-0.3, -0.25) is 0 Å². The van der Waals surface area contributed by atoms with Crippen molar-refractivity contribution in [3.63, 3.8) is 0 Å². The number of hydrogen-bond donors (Lipinski definition) is 1. The summed E-state index contributed by atoms with van der Waals surface area (Å²) < 4.78 is 2.38. The maximum atomic E-state index is 6.39. The maximum absolute atomic E-state index is 6.39. The Kier molecular flexibility index (Phi) is 7.57. The van der Waals surface area contributed by atoms with Gasteiger partial charge in [0.25, 0.3) is 0 Å². The van der Waals surface area contributed by atoms with Crippen molar-refractivity contribution < 1.29 is 0 Å². The van der Waals surface area contributed by atoms with Gasteiger partial charge >= 0.3 is 0 Å². The summed E-state index contributed by atoms with van der Waals surface area (Å²) in [6.07, 6.45) is 1.21. The summed E-state index contributed by atoms with van der Waals surface area (Å²) in [7, 11) is 0. The molecule has 0 bridgehead atoms. The Balaban J connectivity index is 0.00000243. The van der Waals surface area contributed by atoms with Crippen LogP contribution in [0.2, 0.25) is 5.02 Å². The summed E-state index contributed by atoms with van der Waals surface area (Å²) >= 11 is 6.39. The molecule has 1 aromatic heterocycles. The molecule has 2 aromatic carbocycles. The van der Waals surface area contributed by atoms with Crippen LogP contribution in [0, 0.1) is 12.8 Å². The standard InChI is InChI=1S/C22H27ClN2.ClH/c1-16(2)12-13-24-14-20-17(3)25(22-11-7-5-9-19(20)22)15-18-8-4-6-10-21(18)23;/h4-11,16,24H,12-15H2,1-3H3;1H. The first-order valence-electron chi connectivity index (χ1n) is 9.08. The van der Waals surface area contributed by atoms with Gasteiger partial charge in [0.2, 0.25) is 0 Å². The lowest BCUT2D eigenvalue weighted by Gasteiger charge is -2.11. The highest BCUT2D eigenvalue weighted by atomic mass is 35.5. The van der Waals surface area contributed by atoms with Crippen molar-refractivity contribution in [3.8, 4) is 0 Å². The van der Waals surface area contributed by atoms with Gasteiger partial charge in [-0.15, -0.1) is 12.4 Å². The fourth-order valence-corrected chi connectivity index (χ4v) is 3.53. The minimum atomic E-state index is 0. The first-order chi connectivity index (χ1) is 12.1. The fraction of sp³-hybridized carbons (Fsp3) is 0.364. The van der Waals surface area contributed by atoms with Gasteiger partial charge in [-0.2, -0.15) is 0 Å². The van der Waals surface area contributed by atoms with Crippen molar-refractivity contribution >= 4 is 34.9 Å². The van der Waals surface area contributed by atoms with Crippen LogP contribution < -0.4 is 5.32 Å². The van der Waals surface area contributed by atoms with Crippen LogP contribution in [0.4, 0.5) is 0 Å². The second kappa shape index (κ2) is 9.45. The van der Waals surface area contributed by atoms with Crippen molar-refractivity contribution in [2.75, 3.05) is 6.54 Å². The number of nitrogens with zero attached hydrogens (tertiary/aromatic N) is 1.